The number of imide groups is 1. The molecule has 8 heteroatoms. The number of ether oxygens (including phenoxy) is 1. The largest absolute Gasteiger partial charge is 0.484 e. The van der Waals surface area contributed by atoms with Gasteiger partial charge >= 0.3 is 6.03 Å². The lowest BCUT2D eigenvalue weighted by molar-refractivity contribution is -0.118. The maximum Gasteiger partial charge on any atom is 0.323 e. The van der Waals surface area contributed by atoms with Crippen molar-refractivity contribution in [2.24, 2.45) is 0 Å². The topological polar surface area (TPSA) is 87.7 Å². The Balaban J connectivity index is 1.72. The first-order valence-electron chi connectivity index (χ1n) is 8.60. The molecule has 142 valence electrons. The Morgan fingerprint density at radius 2 is 1.89 bits per heavy atom. The van der Waals surface area contributed by atoms with Crippen LogP contribution < -0.4 is 15.4 Å². The van der Waals surface area contributed by atoms with Crippen molar-refractivity contribution in [2.45, 2.75) is 19.3 Å². The highest BCUT2D eigenvalue weighted by Crippen LogP contribution is 2.39. The maximum absolute atomic E-state index is 12.6. The van der Waals surface area contributed by atoms with E-state index in [1.807, 2.05) is 18.2 Å². The maximum atomic E-state index is 12.6. The monoisotopic (exact) mass is 387 g/mol. The summed E-state index contributed by atoms with van der Waals surface area (Å²) in [6.07, 6.45) is 2.60. The van der Waals surface area contributed by atoms with Crippen molar-refractivity contribution in [2.75, 3.05) is 26.0 Å². The Hall–Kier alpha value is -2.87. The number of para-hydroxylation sites is 1. The van der Waals surface area contributed by atoms with Crippen LogP contribution in [0.15, 0.2) is 30.3 Å². The van der Waals surface area contributed by atoms with Gasteiger partial charge in [-0.05, 0) is 37.0 Å². The van der Waals surface area contributed by atoms with E-state index in [2.05, 4.69) is 10.6 Å². The third kappa shape index (κ3) is 4.46. The molecule has 0 spiro atoms. The molecule has 2 aromatic rings. The van der Waals surface area contributed by atoms with Crippen molar-refractivity contribution >= 4 is 34.2 Å². The second-order valence-corrected chi connectivity index (χ2v) is 7.47. The molecule has 1 aliphatic rings. The van der Waals surface area contributed by atoms with Gasteiger partial charge in [0.15, 0.2) is 6.61 Å². The first-order chi connectivity index (χ1) is 13.0. The number of benzene rings is 1. The number of rotatable bonds is 5. The van der Waals surface area contributed by atoms with Crippen LogP contribution in [0.3, 0.4) is 0 Å². The number of nitrogens with one attached hydrogen (secondary N) is 2. The second-order valence-electron chi connectivity index (χ2n) is 6.37. The van der Waals surface area contributed by atoms with E-state index in [4.69, 9.17) is 4.74 Å². The third-order valence-electron chi connectivity index (χ3n) is 4.14. The molecule has 3 rings (SSSR count). The molecule has 7 nitrogen and oxygen atoms in total. The molecule has 1 aromatic carbocycles. The Bertz CT molecular complexity index is 861. The van der Waals surface area contributed by atoms with E-state index in [-0.39, 0.29) is 12.5 Å². The molecule has 4 amide bonds. The quantitative estimate of drug-likeness (QED) is 0.826. The van der Waals surface area contributed by atoms with Crippen LogP contribution in [0.5, 0.6) is 5.75 Å². The number of urea groups is 1. The molecule has 2 N–H and O–H groups in total. The van der Waals surface area contributed by atoms with Crippen molar-refractivity contribution in [3.8, 4) is 5.75 Å². The van der Waals surface area contributed by atoms with Crippen LogP contribution in [-0.4, -0.2) is 43.4 Å². The van der Waals surface area contributed by atoms with E-state index in [9.17, 15) is 14.4 Å². The number of nitrogens with zero attached hydrogens (tertiary/aromatic N) is 1. The Morgan fingerprint density at radius 3 is 2.59 bits per heavy atom. The van der Waals surface area contributed by atoms with Gasteiger partial charge in [0.25, 0.3) is 11.8 Å². The van der Waals surface area contributed by atoms with E-state index in [1.165, 1.54) is 16.2 Å². The van der Waals surface area contributed by atoms with Crippen molar-refractivity contribution in [1.29, 1.82) is 0 Å². The molecule has 0 saturated carbocycles. The van der Waals surface area contributed by atoms with Gasteiger partial charge in [0, 0.05) is 19.0 Å². The van der Waals surface area contributed by atoms with Crippen molar-refractivity contribution in [3.05, 3.63) is 46.3 Å². The number of fused-ring (bicyclic) bond motifs is 1. The van der Waals surface area contributed by atoms with Crippen molar-refractivity contribution in [3.63, 3.8) is 0 Å². The first kappa shape index (κ1) is 18.9. The highest BCUT2D eigenvalue weighted by molar-refractivity contribution is 7.17. The lowest BCUT2D eigenvalue weighted by Gasteiger charge is -2.12. The van der Waals surface area contributed by atoms with Gasteiger partial charge in [-0.3, -0.25) is 14.9 Å². The summed E-state index contributed by atoms with van der Waals surface area (Å²) in [6.45, 7) is -0.162. The molecule has 0 radical (unpaired) electrons. The van der Waals surface area contributed by atoms with Gasteiger partial charge in [-0.1, -0.05) is 18.2 Å². The highest BCUT2D eigenvalue weighted by atomic mass is 32.1. The summed E-state index contributed by atoms with van der Waals surface area (Å²) in [6, 6.07) is 8.53. The number of hydrogen-bond donors (Lipinski definition) is 2. The predicted octanol–water partition coefficient (Wildman–Crippen LogP) is 2.67. The van der Waals surface area contributed by atoms with Crippen LogP contribution in [0.4, 0.5) is 9.80 Å². The molecular formula is C19H21N3O4S. The first-order valence-corrected chi connectivity index (χ1v) is 9.42. The predicted molar refractivity (Wildman–Crippen MR) is 103 cm³/mol. The minimum Gasteiger partial charge on any atom is -0.484 e. The van der Waals surface area contributed by atoms with Crippen LogP contribution >= 0.6 is 11.3 Å². The lowest BCUT2D eigenvalue weighted by Crippen LogP contribution is -2.39. The van der Waals surface area contributed by atoms with Gasteiger partial charge in [-0.25, -0.2) is 4.79 Å². The summed E-state index contributed by atoms with van der Waals surface area (Å²) in [7, 11) is 3.12. The summed E-state index contributed by atoms with van der Waals surface area (Å²) in [5.74, 6) is -0.255. The van der Waals surface area contributed by atoms with Gasteiger partial charge < -0.3 is 15.0 Å². The van der Waals surface area contributed by atoms with Crippen LogP contribution in [0.25, 0.3) is 0 Å². The molecule has 0 fully saturated rings. The van der Waals surface area contributed by atoms with Crippen LogP contribution in [0.1, 0.15) is 27.2 Å². The van der Waals surface area contributed by atoms with Crippen molar-refractivity contribution in [1.82, 2.24) is 10.2 Å². The van der Waals surface area contributed by atoms with E-state index in [0.717, 1.165) is 29.7 Å². The summed E-state index contributed by atoms with van der Waals surface area (Å²) < 4.78 is 5.44. The molecule has 1 aromatic heterocycles. The molecule has 0 unspecified atom stereocenters. The fourth-order valence-electron chi connectivity index (χ4n) is 2.83. The van der Waals surface area contributed by atoms with Crippen LogP contribution in [0, 0.1) is 0 Å². The minimum absolute atomic E-state index is 0.162. The van der Waals surface area contributed by atoms with E-state index >= 15 is 0 Å². The standard InChI is InChI=1S/C19H21N3O4S/c1-22(2)19(25)21-17(24)16-13-9-6-10-14(13)27-18(16)20-15(23)11-26-12-7-4-3-5-8-12/h3-5,7-8H,6,9-11H2,1-2H3,(H,20,23)(H,21,24,25). The fraction of sp³-hybridized carbons (Fsp3) is 0.316. The zero-order valence-electron chi connectivity index (χ0n) is 15.2. The summed E-state index contributed by atoms with van der Waals surface area (Å²) >= 11 is 1.39. The van der Waals surface area contributed by atoms with E-state index in [0.29, 0.717) is 16.3 Å². The highest BCUT2D eigenvalue weighted by Gasteiger charge is 2.28. The Labute approximate surface area is 161 Å². The normalized spacial score (nSPS) is 12.2. The van der Waals surface area contributed by atoms with Crippen LogP contribution in [-0.2, 0) is 17.6 Å². The number of carbonyl (C=O) groups is 3. The number of carbonyl (C=O) groups excluding carboxylic acids is 3. The smallest absolute Gasteiger partial charge is 0.323 e. The summed E-state index contributed by atoms with van der Waals surface area (Å²) in [5, 5.41) is 5.58. The van der Waals surface area contributed by atoms with Crippen LogP contribution in [0.2, 0.25) is 0 Å². The van der Waals surface area contributed by atoms with Gasteiger partial charge in [0.2, 0.25) is 0 Å². The molecule has 27 heavy (non-hydrogen) atoms. The molecular weight excluding hydrogens is 366 g/mol. The van der Waals surface area contributed by atoms with E-state index in [1.54, 1.807) is 26.2 Å². The summed E-state index contributed by atoms with van der Waals surface area (Å²) in [5.41, 5.74) is 1.30. The Kier molecular flexibility index (Phi) is 5.75. The van der Waals surface area contributed by atoms with Gasteiger partial charge in [-0.15, -0.1) is 11.3 Å². The second kappa shape index (κ2) is 8.22. The van der Waals surface area contributed by atoms with E-state index < -0.39 is 11.9 Å². The molecule has 1 heterocycles. The molecule has 1 aliphatic carbocycles. The van der Waals surface area contributed by atoms with Gasteiger partial charge in [0.05, 0.1) is 5.56 Å². The summed E-state index contributed by atoms with van der Waals surface area (Å²) in [4.78, 5) is 39.1. The van der Waals surface area contributed by atoms with Gasteiger partial charge in [-0.2, -0.15) is 0 Å². The van der Waals surface area contributed by atoms with Gasteiger partial charge in [0.1, 0.15) is 10.8 Å². The molecule has 0 aliphatic heterocycles. The average molecular weight is 387 g/mol. The minimum atomic E-state index is -0.498. The average Bonchev–Trinajstić information content (AvgIpc) is 3.21. The molecule has 0 atom stereocenters. The molecule has 0 saturated heterocycles. The SMILES string of the molecule is CN(C)C(=O)NC(=O)c1c(NC(=O)COc2ccccc2)sc2c1CCC2. The number of thiophene rings is 1. The third-order valence-corrected chi connectivity index (χ3v) is 5.35. The fourth-order valence-corrected chi connectivity index (χ4v) is 4.14. The molecule has 0 bridgehead atoms. The van der Waals surface area contributed by atoms with Crippen molar-refractivity contribution < 1.29 is 19.1 Å². The number of hydrogen-bond acceptors (Lipinski definition) is 5. The zero-order chi connectivity index (χ0) is 19.4. The lowest BCUT2D eigenvalue weighted by atomic mass is 10.1. The number of anilines is 1. The Morgan fingerprint density at radius 1 is 1.15 bits per heavy atom. The number of aryl methyl sites for hydroxylation is 1. The number of amides is 4. The zero-order valence-corrected chi connectivity index (χ0v) is 16.0.